The molecule has 1 aliphatic rings. The summed E-state index contributed by atoms with van der Waals surface area (Å²) in [7, 11) is 0. The minimum Gasteiger partial charge on any atom is -0.394 e. The van der Waals surface area contributed by atoms with E-state index in [-0.39, 0.29) is 18.6 Å². The zero-order valence-electron chi connectivity index (χ0n) is 16.0. The second kappa shape index (κ2) is 8.94. The number of hydrogen-bond acceptors (Lipinski definition) is 7. The number of rotatable bonds is 6. The third-order valence-electron chi connectivity index (χ3n) is 4.89. The van der Waals surface area contributed by atoms with E-state index in [9.17, 15) is 9.90 Å². The molecule has 0 radical (unpaired) electrons. The summed E-state index contributed by atoms with van der Waals surface area (Å²) in [6.07, 6.45) is 5.36. The van der Waals surface area contributed by atoms with Crippen LogP contribution in [0, 0.1) is 6.92 Å². The van der Waals surface area contributed by atoms with Gasteiger partial charge in [-0.15, -0.1) is 0 Å². The average molecular weight is 427 g/mol. The Kier molecular flexibility index (Phi) is 6.13. The lowest BCUT2D eigenvalue weighted by molar-refractivity contribution is 0.0676. The van der Waals surface area contributed by atoms with E-state index in [1.165, 1.54) is 0 Å². The molecule has 4 rings (SSSR count). The summed E-state index contributed by atoms with van der Waals surface area (Å²) in [6.45, 7) is 2.68. The summed E-state index contributed by atoms with van der Waals surface area (Å²) in [5.74, 6) is 0.758. The van der Waals surface area contributed by atoms with E-state index in [1.807, 2.05) is 49.5 Å². The lowest BCUT2D eigenvalue weighted by Gasteiger charge is -2.24. The molecule has 8 heteroatoms. The molecule has 2 N–H and O–H groups in total. The van der Waals surface area contributed by atoms with Crippen molar-refractivity contribution in [1.82, 2.24) is 14.9 Å². The summed E-state index contributed by atoms with van der Waals surface area (Å²) in [4.78, 5) is 24.5. The first-order chi connectivity index (χ1) is 14.1. The lowest BCUT2D eigenvalue weighted by atomic mass is 10.1. The maximum Gasteiger partial charge on any atom is 0.254 e. The number of likely N-dealkylation sites (tertiary alicyclic amines) is 1. The van der Waals surface area contributed by atoms with E-state index in [1.54, 1.807) is 34.2 Å². The van der Waals surface area contributed by atoms with Gasteiger partial charge in [-0.05, 0) is 49.6 Å². The monoisotopic (exact) mass is 426 g/mol. The number of hydrogen-bond donors (Lipinski definition) is 2. The quantitative estimate of drug-likeness (QED) is 0.611. The molecule has 1 saturated heterocycles. The molecule has 0 saturated carbocycles. The molecule has 0 unspecified atom stereocenters. The molecule has 1 fully saturated rings. The largest absolute Gasteiger partial charge is 0.394 e. The predicted octanol–water partition coefficient (Wildman–Crippen LogP) is 4.34. The van der Waals surface area contributed by atoms with Crippen LogP contribution in [0.5, 0.6) is 0 Å². The average Bonchev–Trinajstić information content (AvgIpc) is 3.39. The zero-order chi connectivity index (χ0) is 20.2. The number of aliphatic hydroxyl groups excluding tert-OH is 1. The number of amides is 1. The van der Waals surface area contributed by atoms with Crippen molar-refractivity contribution in [2.24, 2.45) is 0 Å². The Labute approximate surface area is 178 Å². The topological polar surface area (TPSA) is 78.4 Å². The number of carbonyl (C=O) groups is 1. The Bertz CT molecular complexity index is 993. The van der Waals surface area contributed by atoms with Crippen molar-refractivity contribution in [2.75, 3.05) is 18.5 Å². The van der Waals surface area contributed by atoms with Crippen LogP contribution >= 0.6 is 23.1 Å². The molecule has 1 amide bonds. The third-order valence-corrected chi connectivity index (χ3v) is 6.89. The fourth-order valence-corrected chi connectivity index (χ4v) is 5.27. The number of anilines is 2. The van der Waals surface area contributed by atoms with E-state index >= 15 is 0 Å². The Morgan fingerprint density at radius 2 is 2.24 bits per heavy atom. The van der Waals surface area contributed by atoms with Gasteiger partial charge < -0.3 is 15.3 Å². The van der Waals surface area contributed by atoms with E-state index in [0.29, 0.717) is 12.1 Å². The number of pyridine rings is 1. The minimum absolute atomic E-state index is 0.00307. The summed E-state index contributed by atoms with van der Waals surface area (Å²) in [6, 6.07) is 11.6. The number of thiazole rings is 1. The van der Waals surface area contributed by atoms with Crippen molar-refractivity contribution in [2.45, 2.75) is 34.9 Å². The number of nitrogens with one attached hydrogen (secondary N) is 1. The third kappa shape index (κ3) is 4.60. The molecule has 1 aromatic carbocycles. The number of aryl methyl sites for hydroxylation is 1. The van der Waals surface area contributed by atoms with Crippen LogP contribution in [0.4, 0.5) is 10.9 Å². The normalized spacial score (nSPS) is 16.2. The number of aliphatic hydroxyl groups is 1. The van der Waals surface area contributed by atoms with Crippen LogP contribution in [0.1, 0.15) is 28.8 Å². The van der Waals surface area contributed by atoms with Crippen molar-refractivity contribution in [3.8, 4) is 0 Å². The molecule has 1 aliphatic heterocycles. The fraction of sp³-hybridized carbons (Fsp3) is 0.286. The molecule has 0 spiro atoms. The van der Waals surface area contributed by atoms with Gasteiger partial charge in [0.25, 0.3) is 5.91 Å². The van der Waals surface area contributed by atoms with Gasteiger partial charge in [-0.25, -0.2) is 9.97 Å². The lowest BCUT2D eigenvalue weighted by Crippen LogP contribution is -2.37. The highest BCUT2D eigenvalue weighted by Crippen LogP contribution is 2.36. The van der Waals surface area contributed by atoms with Crippen LogP contribution in [0.2, 0.25) is 0 Å². The SMILES string of the molecule is Cc1ccc(Sc2cnc(Nc3ccccn3)s2)cc1C(=O)N1CCC[C@H]1CO. The maximum absolute atomic E-state index is 13.0. The smallest absolute Gasteiger partial charge is 0.254 e. The van der Waals surface area contributed by atoms with Gasteiger partial charge in [0.15, 0.2) is 5.13 Å². The maximum atomic E-state index is 13.0. The van der Waals surface area contributed by atoms with Gasteiger partial charge in [-0.1, -0.05) is 35.2 Å². The van der Waals surface area contributed by atoms with Gasteiger partial charge in [0, 0.05) is 23.2 Å². The van der Waals surface area contributed by atoms with Crippen molar-refractivity contribution in [1.29, 1.82) is 0 Å². The van der Waals surface area contributed by atoms with E-state index in [4.69, 9.17) is 0 Å². The van der Waals surface area contributed by atoms with E-state index in [0.717, 1.165) is 38.5 Å². The van der Waals surface area contributed by atoms with Crippen LogP contribution < -0.4 is 5.32 Å². The van der Waals surface area contributed by atoms with Gasteiger partial charge in [0.1, 0.15) is 5.82 Å². The van der Waals surface area contributed by atoms with Crippen LogP contribution in [0.25, 0.3) is 0 Å². The van der Waals surface area contributed by atoms with Crippen LogP contribution in [-0.4, -0.2) is 45.1 Å². The first-order valence-electron chi connectivity index (χ1n) is 9.48. The Morgan fingerprint density at radius 3 is 3.03 bits per heavy atom. The highest BCUT2D eigenvalue weighted by molar-refractivity contribution is 8.01. The van der Waals surface area contributed by atoms with Gasteiger partial charge >= 0.3 is 0 Å². The molecular weight excluding hydrogens is 404 g/mol. The molecule has 0 aliphatic carbocycles. The van der Waals surface area contributed by atoms with Crippen molar-refractivity contribution in [3.63, 3.8) is 0 Å². The van der Waals surface area contributed by atoms with Gasteiger partial charge in [0.2, 0.25) is 0 Å². The number of aromatic nitrogens is 2. The molecular formula is C21H22N4O2S2. The fourth-order valence-electron chi connectivity index (χ4n) is 3.37. The number of carbonyl (C=O) groups excluding carboxylic acids is 1. The second-order valence-electron chi connectivity index (χ2n) is 6.88. The standard InChI is InChI=1S/C21H22N4O2S2/c1-14-7-8-16(11-17(14)20(27)25-10-4-5-15(25)13-26)28-19-12-23-21(29-19)24-18-6-2-3-9-22-18/h2-3,6-9,11-12,15,26H,4-5,10,13H2,1H3,(H,22,23,24)/t15-/m0/s1. The van der Waals surface area contributed by atoms with Gasteiger partial charge in [-0.3, -0.25) is 4.79 Å². The van der Waals surface area contributed by atoms with Crippen molar-refractivity contribution in [3.05, 3.63) is 59.9 Å². The summed E-state index contributed by atoms with van der Waals surface area (Å²) < 4.78 is 1.03. The first kappa shape index (κ1) is 19.9. The Morgan fingerprint density at radius 1 is 1.34 bits per heavy atom. The Hall–Kier alpha value is -2.42. The molecule has 2 aromatic heterocycles. The molecule has 150 valence electrons. The van der Waals surface area contributed by atoms with E-state index < -0.39 is 0 Å². The first-order valence-corrected chi connectivity index (χ1v) is 11.1. The summed E-state index contributed by atoms with van der Waals surface area (Å²) >= 11 is 3.13. The molecule has 3 heterocycles. The molecule has 3 aromatic rings. The van der Waals surface area contributed by atoms with E-state index in [2.05, 4.69) is 15.3 Å². The molecule has 29 heavy (non-hydrogen) atoms. The molecule has 6 nitrogen and oxygen atoms in total. The Balaban J connectivity index is 1.49. The summed E-state index contributed by atoms with van der Waals surface area (Å²) in [5.41, 5.74) is 1.65. The van der Waals surface area contributed by atoms with Crippen LogP contribution in [0.3, 0.4) is 0 Å². The van der Waals surface area contributed by atoms with Gasteiger partial charge in [-0.2, -0.15) is 0 Å². The van der Waals surface area contributed by atoms with Crippen LogP contribution in [0.15, 0.2) is 57.9 Å². The highest BCUT2D eigenvalue weighted by Gasteiger charge is 2.29. The predicted molar refractivity (Wildman–Crippen MR) is 116 cm³/mol. The molecule has 1 atom stereocenters. The number of nitrogens with zero attached hydrogens (tertiary/aromatic N) is 3. The zero-order valence-corrected chi connectivity index (χ0v) is 17.7. The minimum atomic E-state index is -0.0695. The summed E-state index contributed by atoms with van der Waals surface area (Å²) in [5, 5.41) is 13.5. The van der Waals surface area contributed by atoms with Gasteiger partial charge in [0.05, 0.1) is 23.1 Å². The van der Waals surface area contributed by atoms with Crippen molar-refractivity contribution >= 4 is 40.0 Å². The molecule has 0 bridgehead atoms. The van der Waals surface area contributed by atoms with Crippen LogP contribution in [-0.2, 0) is 0 Å². The number of benzene rings is 1. The van der Waals surface area contributed by atoms with Crippen molar-refractivity contribution < 1.29 is 9.90 Å². The second-order valence-corrected chi connectivity index (χ2v) is 9.28. The highest BCUT2D eigenvalue weighted by atomic mass is 32.2.